The van der Waals surface area contributed by atoms with Crippen molar-refractivity contribution < 1.29 is 9.53 Å². The van der Waals surface area contributed by atoms with E-state index in [4.69, 9.17) is 22.8 Å². The quantitative estimate of drug-likeness (QED) is 0.856. The van der Waals surface area contributed by atoms with Crippen molar-refractivity contribution in [1.29, 1.82) is 0 Å². The fraction of sp³-hybridized carbons (Fsp3) is 0.167. The lowest BCUT2D eigenvalue weighted by Crippen LogP contribution is -2.42. The van der Waals surface area contributed by atoms with E-state index in [2.05, 4.69) is 11.2 Å². The molecule has 0 bridgehead atoms. The van der Waals surface area contributed by atoms with E-state index in [-0.39, 0.29) is 5.91 Å². The minimum Gasteiger partial charge on any atom is -0.456 e. The molecule has 0 saturated carbocycles. The third-order valence-electron chi connectivity index (χ3n) is 2.97. The third-order valence-corrected chi connectivity index (χ3v) is 3.28. The van der Waals surface area contributed by atoms with Crippen molar-refractivity contribution in [1.82, 2.24) is 5.32 Å². The molecule has 2 rings (SSSR count). The van der Waals surface area contributed by atoms with Crippen LogP contribution in [0.4, 0.5) is 0 Å². The second kappa shape index (κ2) is 6.55. The summed E-state index contributed by atoms with van der Waals surface area (Å²) in [5.41, 5.74) is -0.182. The first-order valence-corrected chi connectivity index (χ1v) is 7.12. The summed E-state index contributed by atoms with van der Waals surface area (Å²) in [4.78, 5) is 12.1. The maximum absolute atomic E-state index is 12.1. The highest BCUT2D eigenvalue weighted by Crippen LogP contribution is 2.28. The Morgan fingerprint density at radius 2 is 1.82 bits per heavy atom. The Morgan fingerprint density at radius 1 is 1.18 bits per heavy atom. The normalized spacial score (nSPS) is 10.6. The van der Waals surface area contributed by atoms with E-state index in [1.165, 1.54) is 0 Å². The van der Waals surface area contributed by atoms with Crippen molar-refractivity contribution in [2.24, 2.45) is 0 Å². The molecule has 3 nitrogen and oxygen atoms in total. The number of amides is 1. The van der Waals surface area contributed by atoms with E-state index in [0.717, 1.165) is 0 Å². The minimum atomic E-state index is -0.691. The summed E-state index contributed by atoms with van der Waals surface area (Å²) in [7, 11) is 0. The number of carbonyl (C=O) groups is 1. The molecule has 0 spiro atoms. The summed E-state index contributed by atoms with van der Waals surface area (Å²) in [6, 6.07) is 14.0. The van der Waals surface area contributed by atoms with Crippen molar-refractivity contribution in [3.05, 3.63) is 59.1 Å². The van der Waals surface area contributed by atoms with E-state index in [1.54, 1.807) is 50.2 Å². The van der Waals surface area contributed by atoms with Gasteiger partial charge in [-0.1, -0.05) is 29.7 Å². The van der Waals surface area contributed by atoms with Crippen LogP contribution in [0.15, 0.2) is 48.5 Å². The molecule has 0 aromatic heterocycles. The largest absolute Gasteiger partial charge is 0.456 e. The first kappa shape index (κ1) is 15.9. The Balaban J connectivity index is 2.09. The van der Waals surface area contributed by atoms with Crippen LogP contribution in [-0.4, -0.2) is 11.4 Å². The number of benzene rings is 2. The SMILES string of the molecule is C#CC(C)(C)NC(=O)c1ccc(Oc2ccccc2Cl)cc1. The van der Waals surface area contributed by atoms with Gasteiger partial charge in [-0.2, -0.15) is 0 Å². The van der Waals surface area contributed by atoms with E-state index in [9.17, 15) is 4.79 Å². The van der Waals surface area contributed by atoms with Gasteiger partial charge in [0.15, 0.2) is 0 Å². The molecule has 22 heavy (non-hydrogen) atoms. The van der Waals surface area contributed by atoms with Crippen LogP contribution in [-0.2, 0) is 0 Å². The number of hydrogen-bond acceptors (Lipinski definition) is 2. The lowest BCUT2D eigenvalue weighted by atomic mass is 10.1. The number of hydrogen-bond donors (Lipinski definition) is 1. The maximum Gasteiger partial charge on any atom is 0.252 e. The highest BCUT2D eigenvalue weighted by atomic mass is 35.5. The van der Waals surface area contributed by atoms with Gasteiger partial charge in [0.05, 0.1) is 10.6 Å². The maximum atomic E-state index is 12.1. The minimum absolute atomic E-state index is 0.229. The van der Waals surface area contributed by atoms with Crippen LogP contribution in [0.1, 0.15) is 24.2 Å². The van der Waals surface area contributed by atoms with Gasteiger partial charge in [0.2, 0.25) is 0 Å². The topological polar surface area (TPSA) is 38.3 Å². The van der Waals surface area contributed by atoms with Crippen molar-refractivity contribution in [2.75, 3.05) is 0 Å². The van der Waals surface area contributed by atoms with E-state index < -0.39 is 5.54 Å². The fourth-order valence-corrected chi connectivity index (χ4v) is 1.90. The van der Waals surface area contributed by atoms with Crippen LogP contribution in [0.25, 0.3) is 0 Å². The zero-order valence-electron chi connectivity index (χ0n) is 12.4. The molecule has 0 atom stereocenters. The summed E-state index contributed by atoms with van der Waals surface area (Å²) in [5, 5.41) is 3.29. The molecule has 2 aromatic carbocycles. The van der Waals surface area contributed by atoms with Gasteiger partial charge >= 0.3 is 0 Å². The zero-order valence-corrected chi connectivity index (χ0v) is 13.1. The third kappa shape index (κ3) is 4.03. The predicted molar refractivity (Wildman–Crippen MR) is 88.3 cm³/mol. The molecule has 2 aromatic rings. The number of rotatable bonds is 4. The van der Waals surface area contributed by atoms with Gasteiger partial charge in [0.1, 0.15) is 11.5 Å². The Hall–Kier alpha value is -2.44. The van der Waals surface area contributed by atoms with Crippen LogP contribution in [0.3, 0.4) is 0 Å². The summed E-state index contributed by atoms with van der Waals surface area (Å²) < 4.78 is 5.67. The van der Waals surface area contributed by atoms with Gasteiger partial charge in [-0.15, -0.1) is 6.42 Å². The molecule has 0 saturated heterocycles. The summed E-state index contributed by atoms with van der Waals surface area (Å²) in [6.45, 7) is 3.53. The van der Waals surface area contributed by atoms with Gasteiger partial charge < -0.3 is 10.1 Å². The number of carbonyl (C=O) groups excluding carboxylic acids is 1. The number of ether oxygens (including phenoxy) is 1. The molecule has 0 aliphatic heterocycles. The second-order valence-corrected chi connectivity index (χ2v) is 5.69. The average molecular weight is 314 g/mol. The van der Waals surface area contributed by atoms with Crippen molar-refractivity contribution >= 4 is 17.5 Å². The van der Waals surface area contributed by atoms with E-state index >= 15 is 0 Å². The molecular formula is C18H16ClNO2. The van der Waals surface area contributed by atoms with Crippen molar-refractivity contribution in [3.8, 4) is 23.8 Å². The fourth-order valence-electron chi connectivity index (χ4n) is 1.72. The van der Waals surface area contributed by atoms with Crippen LogP contribution < -0.4 is 10.1 Å². The first-order chi connectivity index (χ1) is 10.4. The molecule has 0 aliphatic carbocycles. The molecular weight excluding hydrogens is 298 g/mol. The summed E-state index contributed by atoms with van der Waals surface area (Å²) in [6.07, 6.45) is 5.36. The number of para-hydroxylation sites is 1. The van der Waals surface area contributed by atoms with Gasteiger partial charge in [-0.3, -0.25) is 4.79 Å². The lowest BCUT2D eigenvalue weighted by Gasteiger charge is -2.19. The molecule has 0 unspecified atom stereocenters. The smallest absolute Gasteiger partial charge is 0.252 e. The van der Waals surface area contributed by atoms with E-state index in [1.807, 2.05) is 12.1 Å². The highest BCUT2D eigenvalue weighted by molar-refractivity contribution is 6.32. The predicted octanol–water partition coefficient (Wildman–Crippen LogP) is 4.27. The Morgan fingerprint density at radius 3 is 2.41 bits per heavy atom. The first-order valence-electron chi connectivity index (χ1n) is 6.74. The monoisotopic (exact) mass is 313 g/mol. The lowest BCUT2D eigenvalue weighted by molar-refractivity contribution is 0.0930. The van der Waals surface area contributed by atoms with Crippen LogP contribution in [0.5, 0.6) is 11.5 Å². The van der Waals surface area contributed by atoms with Crippen molar-refractivity contribution in [2.45, 2.75) is 19.4 Å². The molecule has 112 valence electrons. The van der Waals surface area contributed by atoms with Crippen LogP contribution in [0, 0.1) is 12.3 Å². The van der Waals surface area contributed by atoms with E-state index in [0.29, 0.717) is 22.1 Å². The summed E-state index contributed by atoms with van der Waals surface area (Å²) >= 11 is 6.04. The Labute approximate surface area is 135 Å². The molecule has 4 heteroatoms. The number of nitrogens with one attached hydrogen (secondary N) is 1. The standard InChI is InChI=1S/C18H16ClNO2/c1-4-18(2,3)20-17(21)13-9-11-14(12-10-13)22-16-8-6-5-7-15(16)19/h1,5-12H,2-3H3,(H,20,21). The van der Waals surface area contributed by atoms with Gasteiger partial charge in [-0.25, -0.2) is 0 Å². The molecule has 0 aliphatic rings. The van der Waals surface area contributed by atoms with Gasteiger partial charge in [0, 0.05) is 5.56 Å². The second-order valence-electron chi connectivity index (χ2n) is 5.28. The molecule has 0 radical (unpaired) electrons. The van der Waals surface area contributed by atoms with Crippen LogP contribution in [0.2, 0.25) is 5.02 Å². The summed E-state index contributed by atoms with van der Waals surface area (Å²) in [5.74, 6) is 3.45. The zero-order chi connectivity index (χ0) is 16.2. The van der Waals surface area contributed by atoms with Gasteiger partial charge in [0.25, 0.3) is 5.91 Å². The molecule has 1 amide bonds. The highest BCUT2D eigenvalue weighted by Gasteiger charge is 2.18. The van der Waals surface area contributed by atoms with Crippen molar-refractivity contribution in [3.63, 3.8) is 0 Å². The molecule has 1 N–H and O–H groups in total. The molecule has 0 fully saturated rings. The Bertz CT molecular complexity index is 715. The number of terminal acetylenes is 1. The Kier molecular flexibility index (Phi) is 4.75. The van der Waals surface area contributed by atoms with Gasteiger partial charge in [-0.05, 0) is 50.2 Å². The number of halogens is 1. The molecule has 0 heterocycles. The average Bonchev–Trinajstić information content (AvgIpc) is 2.50. The van der Waals surface area contributed by atoms with Crippen LogP contribution >= 0.6 is 11.6 Å².